The van der Waals surface area contributed by atoms with E-state index in [2.05, 4.69) is 5.32 Å². The first-order valence-corrected chi connectivity index (χ1v) is 14.4. The average molecular weight is 572 g/mol. The maximum atomic E-state index is 14.0. The highest BCUT2D eigenvalue weighted by molar-refractivity contribution is 7.92. The van der Waals surface area contributed by atoms with Crippen LogP contribution in [0, 0.1) is 6.92 Å². The van der Waals surface area contributed by atoms with Crippen LogP contribution in [0.2, 0.25) is 5.02 Å². The fourth-order valence-electron chi connectivity index (χ4n) is 4.04. The molecule has 1 N–H and O–H groups in total. The molecular formula is C29H34ClN3O5S. The zero-order valence-corrected chi connectivity index (χ0v) is 24.1. The van der Waals surface area contributed by atoms with Gasteiger partial charge < -0.3 is 15.0 Å². The molecule has 2 amide bonds. The van der Waals surface area contributed by atoms with Crippen LogP contribution in [0.3, 0.4) is 0 Å². The number of methoxy groups -OCH3 is 1. The highest BCUT2D eigenvalue weighted by atomic mass is 35.5. The molecule has 0 bridgehead atoms. The molecule has 0 aromatic heterocycles. The van der Waals surface area contributed by atoms with Crippen LogP contribution in [-0.2, 0) is 26.2 Å². The molecule has 8 nitrogen and oxygen atoms in total. The van der Waals surface area contributed by atoms with Crippen LogP contribution in [0.15, 0.2) is 77.7 Å². The second-order valence-corrected chi connectivity index (χ2v) is 11.4. The summed E-state index contributed by atoms with van der Waals surface area (Å²) in [6.07, 6.45) is 0.733. The second-order valence-electron chi connectivity index (χ2n) is 9.12. The number of nitrogens with one attached hydrogen (secondary N) is 1. The largest absolute Gasteiger partial charge is 0.495 e. The standard InChI is InChI=1S/C29H34ClN3O5S/c1-5-16-31-29(35)22(3)32(19-23-10-9-11-24(30)18-23)28(34)20-33(26-17-21(2)14-15-27(26)38-4)39(36,37)25-12-7-6-8-13-25/h6-15,17-18,22H,5,16,19-20H2,1-4H3,(H,31,35). The predicted molar refractivity (Wildman–Crippen MR) is 153 cm³/mol. The Morgan fingerprint density at radius 2 is 1.74 bits per heavy atom. The Bertz CT molecular complexity index is 1400. The molecule has 3 aromatic carbocycles. The molecule has 0 fully saturated rings. The molecule has 3 rings (SSSR count). The number of aryl methyl sites for hydroxylation is 1. The maximum absolute atomic E-state index is 14.0. The third-order valence-corrected chi connectivity index (χ3v) is 8.18. The maximum Gasteiger partial charge on any atom is 0.264 e. The van der Waals surface area contributed by atoms with Crippen molar-refractivity contribution in [2.75, 3.05) is 24.5 Å². The van der Waals surface area contributed by atoms with Crippen LogP contribution in [0.1, 0.15) is 31.4 Å². The minimum Gasteiger partial charge on any atom is -0.495 e. The van der Waals surface area contributed by atoms with E-state index in [1.165, 1.54) is 24.1 Å². The van der Waals surface area contributed by atoms with Gasteiger partial charge in [-0.15, -0.1) is 0 Å². The molecule has 10 heteroatoms. The van der Waals surface area contributed by atoms with Gasteiger partial charge in [0, 0.05) is 18.1 Å². The van der Waals surface area contributed by atoms with Gasteiger partial charge in [0.15, 0.2) is 0 Å². The van der Waals surface area contributed by atoms with Crippen molar-refractivity contribution in [3.8, 4) is 5.75 Å². The molecular weight excluding hydrogens is 538 g/mol. The monoisotopic (exact) mass is 571 g/mol. The second kappa shape index (κ2) is 13.5. The lowest BCUT2D eigenvalue weighted by atomic mass is 10.1. The van der Waals surface area contributed by atoms with Crippen molar-refractivity contribution >= 4 is 39.1 Å². The average Bonchev–Trinajstić information content (AvgIpc) is 2.93. The molecule has 1 atom stereocenters. The van der Waals surface area contributed by atoms with E-state index in [4.69, 9.17) is 16.3 Å². The van der Waals surface area contributed by atoms with E-state index < -0.39 is 28.5 Å². The lowest BCUT2D eigenvalue weighted by Crippen LogP contribution is -2.51. The smallest absolute Gasteiger partial charge is 0.264 e. The van der Waals surface area contributed by atoms with E-state index >= 15 is 0 Å². The number of benzene rings is 3. The van der Waals surface area contributed by atoms with Crippen molar-refractivity contribution < 1.29 is 22.7 Å². The zero-order valence-electron chi connectivity index (χ0n) is 22.6. The number of carbonyl (C=O) groups excluding carboxylic acids is 2. The van der Waals surface area contributed by atoms with E-state index in [1.807, 2.05) is 13.8 Å². The van der Waals surface area contributed by atoms with Gasteiger partial charge in [0.25, 0.3) is 10.0 Å². The van der Waals surface area contributed by atoms with Crippen molar-refractivity contribution in [2.24, 2.45) is 0 Å². The summed E-state index contributed by atoms with van der Waals surface area (Å²) in [5.74, 6) is -0.599. The fraction of sp³-hybridized carbons (Fsp3) is 0.310. The molecule has 0 aliphatic carbocycles. The van der Waals surface area contributed by atoms with Crippen molar-refractivity contribution in [3.63, 3.8) is 0 Å². The molecule has 1 unspecified atom stereocenters. The molecule has 0 saturated carbocycles. The van der Waals surface area contributed by atoms with Gasteiger partial charge in [-0.25, -0.2) is 8.42 Å². The van der Waals surface area contributed by atoms with Gasteiger partial charge in [-0.3, -0.25) is 13.9 Å². The molecule has 0 aliphatic rings. The number of hydrogen-bond donors (Lipinski definition) is 1. The summed E-state index contributed by atoms with van der Waals surface area (Å²) >= 11 is 6.17. The first-order valence-electron chi connectivity index (χ1n) is 12.6. The van der Waals surface area contributed by atoms with Crippen molar-refractivity contribution in [2.45, 2.75) is 44.7 Å². The van der Waals surface area contributed by atoms with Gasteiger partial charge in [0.05, 0.1) is 17.7 Å². The van der Waals surface area contributed by atoms with E-state index in [1.54, 1.807) is 67.6 Å². The van der Waals surface area contributed by atoms with Crippen LogP contribution in [0.25, 0.3) is 0 Å². The van der Waals surface area contributed by atoms with Gasteiger partial charge in [0.2, 0.25) is 11.8 Å². The molecule has 0 radical (unpaired) electrons. The fourth-order valence-corrected chi connectivity index (χ4v) is 5.69. The van der Waals surface area contributed by atoms with Gasteiger partial charge >= 0.3 is 0 Å². The number of nitrogens with zero attached hydrogens (tertiary/aromatic N) is 2. The highest BCUT2D eigenvalue weighted by Gasteiger charge is 2.33. The normalized spacial score (nSPS) is 11.9. The van der Waals surface area contributed by atoms with Gasteiger partial charge in [-0.1, -0.05) is 54.9 Å². The van der Waals surface area contributed by atoms with Crippen molar-refractivity contribution in [3.05, 3.63) is 88.9 Å². The number of amides is 2. The first kappa shape index (κ1) is 30.0. The molecule has 0 aliphatic heterocycles. The topological polar surface area (TPSA) is 96.0 Å². The van der Waals surface area contributed by atoms with Gasteiger partial charge in [-0.2, -0.15) is 0 Å². The van der Waals surface area contributed by atoms with Crippen LogP contribution in [-0.4, -0.2) is 51.4 Å². The zero-order chi connectivity index (χ0) is 28.6. The highest BCUT2D eigenvalue weighted by Crippen LogP contribution is 2.33. The summed E-state index contributed by atoms with van der Waals surface area (Å²) < 4.78 is 34.4. The lowest BCUT2D eigenvalue weighted by molar-refractivity contribution is -0.139. The lowest BCUT2D eigenvalue weighted by Gasteiger charge is -2.32. The molecule has 0 spiro atoms. The summed E-state index contributed by atoms with van der Waals surface area (Å²) in [5.41, 5.74) is 1.71. The number of rotatable bonds is 12. The Hall–Kier alpha value is -3.56. The summed E-state index contributed by atoms with van der Waals surface area (Å²) in [6, 6.07) is 19.1. The number of carbonyl (C=O) groups is 2. The van der Waals surface area contributed by atoms with Crippen LogP contribution < -0.4 is 14.4 Å². The Morgan fingerprint density at radius 3 is 2.38 bits per heavy atom. The third kappa shape index (κ3) is 7.52. The summed E-state index contributed by atoms with van der Waals surface area (Å²) in [5, 5.41) is 3.31. The summed E-state index contributed by atoms with van der Waals surface area (Å²) in [7, 11) is -2.75. The van der Waals surface area contributed by atoms with E-state index in [-0.39, 0.29) is 23.0 Å². The van der Waals surface area contributed by atoms with Gasteiger partial charge in [0.1, 0.15) is 18.3 Å². The van der Waals surface area contributed by atoms with Crippen molar-refractivity contribution in [1.82, 2.24) is 10.2 Å². The molecule has 0 heterocycles. The number of hydrogen-bond acceptors (Lipinski definition) is 5. The van der Waals surface area contributed by atoms with E-state index in [9.17, 15) is 18.0 Å². The van der Waals surface area contributed by atoms with Crippen LogP contribution in [0.5, 0.6) is 5.75 Å². The van der Waals surface area contributed by atoms with Crippen molar-refractivity contribution in [1.29, 1.82) is 0 Å². The molecule has 0 saturated heterocycles. The minimum absolute atomic E-state index is 0.0245. The van der Waals surface area contributed by atoms with Gasteiger partial charge in [-0.05, 0) is 67.8 Å². The van der Waals surface area contributed by atoms with Crippen LogP contribution in [0.4, 0.5) is 5.69 Å². The molecule has 39 heavy (non-hydrogen) atoms. The SMILES string of the molecule is CCCNC(=O)C(C)N(Cc1cccc(Cl)c1)C(=O)CN(c1cc(C)ccc1OC)S(=O)(=O)c1ccccc1. The number of ether oxygens (including phenoxy) is 1. The first-order chi connectivity index (χ1) is 18.6. The minimum atomic E-state index is -4.19. The number of anilines is 1. The third-order valence-electron chi connectivity index (χ3n) is 6.17. The Labute approximate surface area is 235 Å². The number of halogens is 1. The van der Waals surface area contributed by atoms with E-state index in [0.717, 1.165) is 16.3 Å². The quantitative estimate of drug-likeness (QED) is 0.337. The Kier molecular flexibility index (Phi) is 10.4. The Balaban J connectivity index is 2.08. The Morgan fingerprint density at radius 1 is 1.03 bits per heavy atom. The number of sulfonamides is 1. The summed E-state index contributed by atoms with van der Waals surface area (Å²) in [6.45, 7) is 5.34. The molecule has 208 valence electrons. The predicted octanol–water partition coefficient (Wildman–Crippen LogP) is 4.80. The van der Waals surface area contributed by atoms with Crippen LogP contribution >= 0.6 is 11.6 Å². The van der Waals surface area contributed by atoms with E-state index in [0.29, 0.717) is 22.9 Å². The molecule has 3 aromatic rings. The summed E-state index contributed by atoms with van der Waals surface area (Å²) in [4.78, 5) is 28.3.